The van der Waals surface area contributed by atoms with Crippen molar-refractivity contribution in [3.8, 4) is 5.75 Å². The quantitative estimate of drug-likeness (QED) is 0.630. The normalized spacial score (nSPS) is 14.9. The van der Waals surface area contributed by atoms with E-state index < -0.39 is 11.8 Å². The number of amides is 2. The van der Waals surface area contributed by atoms with Crippen LogP contribution in [-0.2, 0) is 9.59 Å². The zero-order valence-corrected chi connectivity index (χ0v) is 14.1. The van der Waals surface area contributed by atoms with Crippen LogP contribution >= 0.6 is 0 Å². The zero-order valence-electron chi connectivity index (χ0n) is 14.1. The van der Waals surface area contributed by atoms with Gasteiger partial charge in [0.1, 0.15) is 5.75 Å². The summed E-state index contributed by atoms with van der Waals surface area (Å²) < 4.78 is 5.47. The van der Waals surface area contributed by atoms with E-state index in [1.807, 2.05) is 6.92 Å². The number of carbonyl (C=O) groups excluding carboxylic acids is 2. The standard InChI is InChI=1S/C17H26N4O3/c1-2-13-24-15-5-3-14(4-6-15)20-17(23)16(22)19-9-12-21-10-7-18-8-11-21/h3-6,18H,2,7-13H2,1H3,(H,19,22)(H,20,23). The monoisotopic (exact) mass is 334 g/mol. The summed E-state index contributed by atoms with van der Waals surface area (Å²) in [5, 5.41) is 8.51. The number of nitrogens with zero attached hydrogens (tertiary/aromatic N) is 1. The first-order chi connectivity index (χ1) is 11.7. The third kappa shape index (κ3) is 6.17. The van der Waals surface area contributed by atoms with E-state index in [1.54, 1.807) is 24.3 Å². The Morgan fingerprint density at radius 3 is 2.54 bits per heavy atom. The summed E-state index contributed by atoms with van der Waals surface area (Å²) in [6.45, 7) is 7.78. The number of hydrogen-bond acceptors (Lipinski definition) is 5. The van der Waals surface area contributed by atoms with Crippen LogP contribution in [0.1, 0.15) is 13.3 Å². The number of anilines is 1. The molecule has 1 fully saturated rings. The van der Waals surface area contributed by atoms with Gasteiger partial charge in [0, 0.05) is 45.0 Å². The molecule has 2 amide bonds. The molecule has 0 atom stereocenters. The maximum Gasteiger partial charge on any atom is 0.313 e. The van der Waals surface area contributed by atoms with Gasteiger partial charge in [-0.2, -0.15) is 0 Å². The molecule has 1 aromatic rings. The molecular weight excluding hydrogens is 308 g/mol. The summed E-state index contributed by atoms with van der Waals surface area (Å²) >= 11 is 0. The second-order valence-corrected chi connectivity index (χ2v) is 5.67. The summed E-state index contributed by atoms with van der Waals surface area (Å²) in [4.78, 5) is 25.9. The molecule has 132 valence electrons. The molecule has 1 aliphatic heterocycles. The first kappa shape index (κ1) is 18.2. The van der Waals surface area contributed by atoms with Gasteiger partial charge in [0.2, 0.25) is 0 Å². The Morgan fingerprint density at radius 2 is 1.88 bits per heavy atom. The largest absolute Gasteiger partial charge is 0.494 e. The lowest BCUT2D eigenvalue weighted by atomic mass is 10.3. The molecule has 7 nitrogen and oxygen atoms in total. The van der Waals surface area contributed by atoms with E-state index in [1.165, 1.54) is 0 Å². The Bertz CT molecular complexity index is 527. The van der Waals surface area contributed by atoms with Crippen molar-refractivity contribution in [2.24, 2.45) is 0 Å². The molecule has 0 bridgehead atoms. The Kier molecular flexibility index (Phi) is 7.51. The Balaban J connectivity index is 1.69. The number of hydrogen-bond donors (Lipinski definition) is 3. The highest BCUT2D eigenvalue weighted by Gasteiger charge is 2.14. The van der Waals surface area contributed by atoms with Crippen molar-refractivity contribution in [3.05, 3.63) is 24.3 Å². The van der Waals surface area contributed by atoms with E-state index in [-0.39, 0.29) is 0 Å². The van der Waals surface area contributed by atoms with Gasteiger partial charge >= 0.3 is 11.8 Å². The summed E-state index contributed by atoms with van der Waals surface area (Å²) in [5.74, 6) is -0.524. The molecular formula is C17H26N4O3. The van der Waals surface area contributed by atoms with Gasteiger partial charge in [-0.25, -0.2) is 0 Å². The van der Waals surface area contributed by atoms with E-state index in [0.717, 1.165) is 44.9 Å². The van der Waals surface area contributed by atoms with Gasteiger partial charge in [-0.05, 0) is 30.7 Å². The number of nitrogens with one attached hydrogen (secondary N) is 3. The van der Waals surface area contributed by atoms with Gasteiger partial charge in [-0.3, -0.25) is 14.5 Å². The smallest absolute Gasteiger partial charge is 0.313 e. The fraction of sp³-hybridized carbons (Fsp3) is 0.529. The van der Waals surface area contributed by atoms with E-state index >= 15 is 0 Å². The first-order valence-electron chi connectivity index (χ1n) is 8.44. The molecule has 0 spiro atoms. The molecule has 2 rings (SSSR count). The van der Waals surface area contributed by atoms with Crippen molar-refractivity contribution < 1.29 is 14.3 Å². The van der Waals surface area contributed by atoms with Crippen molar-refractivity contribution in [2.45, 2.75) is 13.3 Å². The molecule has 7 heteroatoms. The van der Waals surface area contributed by atoms with E-state index in [0.29, 0.717) is 18.8 Å². The lowest BCUT2D eigenvalue weighted by Gasteiger charge is -2.26. The topological polar surface area (TPSA) is 82.7 Å². The second-order valence-electron chi connectivity index (χ2n) is 5.67. The maximum atomic E-state index is 11.9. The average molecular weight is 334 g/mol. The van der Waals surface area contributed by atoms with Crippen molar-refractivity contribution in [3.63, 3.8) is 0 Å². The van der Waals surface area contributed by atoms with Gasteiger partial charge in [0.05, 0.1) is 6.61 Å². The van der Waals surface area contributed by atoms with Crippen LogP contribution in [0.25, 0.3) is 0 Å². The van der Waals surface area contributed by atoms with Crippen LogP contribution in [0.2, 0.25) is 0 Å². The molecule has 0 aromatic heterocycles. The Morgan fingerprint density at radius 1 is 1.17 bits per heavy atom. The lowest BCUT2D eigenvalue weighted by Crippen LogP contribution is -2.47. The number of ether oxygens (including phenoxy) is 1. The highest BCUT2D eigenvalue weighted by atomic mass is 16.5. The summed E-state index contributed by atoms with van der Waals surface area (Å²) in [6, 6.07) is 6.98. The van der Waals surface area contributed by atoms with E-state index in [2.05, 4.69) is 20.9 Å². The lowest BCUT2D eigenvalue weighted by molar-refractivity contribution is -0.136. The van der Waals surface area contributed by atoms with E-state index in [4.69, 9.17) is 4.74 Å². The summed E-state index contributed by atoms with van der Waals surface area (Å²) in [7, 11) is 0. The van der Waals surface area contributed by atoms with Crippen LogP contribution in [0.5, 0.6) is 5.75 Å². The first-order valence-corrected chi connectivity index (χ1v) is 8.44. The van der Waals surface area contributed by atoms with Gasteiger partial charge in [0.15, 0.2) is 0 Å². The summed E-state index contributed by atoms with van der Waals surface area (Å²) in [6.07, 6.45) is 0.937. The van der Waals surface area contributed by atoms with Crippen molar-refractivity contribution >= 4 is 17.5 Å². The highest BCUT2D eigenvalue weighted by Crippen LogP contribution is 2.15. The third-order valence-electron chi connectivity index (χ3n) is 3.71. The number of benzene rings is 1. The number of piperazine rings is 1. The van der Waals surface area contributed by atoms with Crippen molar-refractivity contribution in [2.75, 3.05) is 51.2 Å². The minimum atomic E-state index is -0.655. The average Bonchev–Trinajstić information content (AvgIpc) is 2.62. The van der Waals surface area contributed by atoms with Crippen LogP contribution in [0.15, 0.2) is 24.3 Å². The molecule has 3 N–H and O–H groups in total. The molecule has 0 saturated carbocycles. The van der Waals surface area contributed by atoms with Crippen LogP contribution in [0, 0.1) is 0 Å². The predicted molar refractivity (Wildman–Crippen MR) is 93.2 cm³/mol. The molecule has 24 heavy (non-hydrogen) atoms. The number of rotatable bonds is 7. The third-order valence-corrected chi connectivity index (χ3v) is 3.71. The fourth-order valence-corrected chi connectivity index (χ4v) is 2.38. The molecule has 1 heterocycles. The summed E-state index contributed by atoms with van der Waals surface area (Å²) in [5.41, 5.74) is 0.570. The fourth-order valence-electron chi connectivity index (χ4n) is 2.38. The van der Waals surface area contributed by atoms with E-state index in [9.17, 15) is 9.59 Å². The maximum absolute atomic E-state index is 11.9. The van der Waals surface area contributed by atoms with Gasteiger partial charge < -0.3 is 20.7 Å². The van der Waals surface area contributed by atoms with Gasteiger partial charge in [-0.15, -0.1) is 0 Å². The van der Waals surface area contributed by atoms with Crippen LogP contribution in [0.4, 0.5) is 5.69 Å². The molecule has 1 aliphatic rings. The molecule has 1 aromatic carbocycles. The van der Waals surface area contributed by atoms with Crippen molar-refractivity contribution in [1.29, 1.82) is 0 Å². The SMILES string of the molecule is CCCOc1ccc(NC(=O)C(=O)NCCN2CCNCC2)cc1. The minimum absolute atomic E-state index is 0.468. The zero-order chi connectivity index (χ0) is 17.2. The molecule has 0 aliphatic carbocycles. The van der Waals surface area contributed by atoms with Crippen molar-refractivity contribution in [1.82, 2.24) is 15.5 Å². The second kappa shape index (κ2) is 9.89. The van der Waals surface area contributed by atoms with Crippen LogP contribution in [0.3, 0.4) is 0 Å². The Labute approximate surface area is 142 Å². The van der Waals surface area contributed by atoms with Crippen LogP contribution < -0.4 is 20.7 Å². The van der Waals surface area contributed by atoms with Gasteiger partial charge in [0.25, 0.3) is 0 Å². The molecule has 0 unspecified atom stereocenters. The minimum Gasteiger partial charge on any atom is -0.494 e. The highest BCUT2D eigenvalue weighted by molar-refractivity contribution is 6.39. The van der Waals surface area contributed by atoms with Crippen LogP contribution in [-0.4, -0.2) is 62.6 Å². The Hall–Kier alpha value is -2.12. The predicted octanol–water partition coefficient (Wildman–Crippen LogP) is 0.435. The number of carbonyl (C=O) groups is 2. The molecule has 1 saturated heterocycles. The molecule has 0 radical (unpaired) electrons. The van der Waals surface area contributed by atoms with Gasteiger partial charge in [-0.1, -0.05) is 6.92 Å².